The first-order chi connectivity index (χ1) is 11.3. The van der Waals surface area contributed by atoms with Gasteiger partial charge in [0.2, 0.25) is 0 Å². The number of rotatable bonds is 3. The van der Waals surface area contributed by atoms with Crippen molar-refractivity contribution in [3.63, 3.8) is 0 Å². The second kappa shape index (κ2) is 5.89. The first kappa shape index (κ1) is 14.6. The largest absolute Gasteiger partial charge is 0.296 e. The van der Waals surface area contributed by atoms with Crippen molar-refractivity contribution in [2.24, 2.45) is 5.92 Å². The average molecular weight is 309 g/mol. The molecule has 1 aromatic carbocycles. The van der Waals surface area contributed by atoms with Crippen molar-refractivity contribution in [3.05, 3.63) is 35.9 Å². The van der Waals surface area contributed by atoms with E-state index in [0.717, 1.165) is 60.2 Å². The van der Waals surface area contributed by atoms with E-state index in [2.05, 4.69) is 45.5 Å². The van der Waals surface area contributed by atoms with Gasteiger partial charge in [0.05, 0.1) is 12.1 Å². The summed E-state index contributed by atoms with van der Waals surface area (Å²) in [5.74, 6) is 2.83. The van der Waals surface area contributed by atoms with Gasteiger partial charge in [0, 0.05) is 18.4 Å². The van der Waals surface area contributed by atoms with Gasteiger partial charge in [-0.05, 0) is 37.4 Å². The van der Waals surface area contributed by atoms with Crippen molar-refractivity contribution < 1.29 is 0 Å². The fourth-order valence-electron chi connectivity index (χ4n) is 3.68. The molecule has 0 radical (unpaired) electrons. The normalized spacial score (nSPS) is 19.7. The highest BCUT2D eigenvalue weighted by molar-refractivity contribution is 5.91. The quantitative estimate of drug-likeness (QED) is 0.746. The highest BCUT2D eigenvalue weighted by atomic mass is 15.3. The van der Waals surface area contributed by atoms with Crippen LogP contribution in [0.5, 0.6) is 0 Å². The maximum absolute atomic E-state index is 4.83. The van der Waals surface area contributed by atoms with E-state index >= 15 is 0 Å². The second-order valence-electron chi connectivity index (χ2n) is 6.66. The minimum absolute atomic E-state index is 0.771. The molecular weight excluding hydrogens is 286 g/mol. The van der Waals surface area contributed by atoms with Crippen LogP contribution in [0.4, 0.5) is 0 Å². The molecule has 0 amide bonds. The number of hydrogen-bond acceptors (Lipinski definition) is 4. The maximum atomic E-state index is 4.83. The average Bonchev–Trinajstić information content (AvgIpc) is 2.98. The van der Waals surface area contributed by atoms with Gasteiger partial charge in [0.25, 0.3) is 0 Å². The molecule has 0 saturated carbocycles. The highest BCUT2D eigenvalue weighted by Gasteiger charge is 2.20. The molecule has 0 aliphatic carbocycles. The molecule has 4 rings (SSSR count). The third-order valence-corrected chi connectivity index (χ3v) is 4.81. The smallest absolute Gasteiger partial charge is 0.171 e. The molecular formula is C18H23N5. The maximum Gasteiger partial charge on any atom is 0.171 e. The van der Waals surface area contributed by atoms with Crippen LogP contribution in [0.15, 0.2) is 24.3 Å². The van der Waals surface area contributed by atoms with Crippen LogP contribution >= 0.6 is 0 Å². The van der Waals surface area contributed by atoms with Crippen molar-refractivity contribution in [2.45, 2.75) is 39.7 Å². The van der Waals surface area contributed by atoms with Crippen molar-refractivity contribution in [1.29, 1.82) is 0 Å². The Morgan fingerprint density at radius 3 is 2.87 bits per heavy atom. The fraction of sp³-hybridized carbons (Fsp3) is 0.500. The number of aryl methyl sites for hydroxylation is 1. The summed E-state index contributed by atoms with van der Waals surface area (Å²) in [7, 11) is 0. The Hall–Kier alpha value is -2.01. The van der Waals surface area contributed by atoms with Crippen molar-refractivity contribution in [1.82, 2.24) is 24.5 Å². The molecule has 0 N–H and O–H groups in total. The van der Waals surface area contributed by atoms with E-state index in [-0.39, 0.29) is 0 Å². The lowest BCUT2D eigenvalue weighted by atomic mass is 10.0. The lowest BCUT2D eigenvalue weighted by Crippen LogP contribution is -2.34. The lowest BCUT2D eigenvalue weighted by Gasteiger charge is -2.30. The number of benzene rings is 1. The van der Waals surface area contributed by atoms with E-state index in [1.165, 1.54) is 12.8 Å². The number of para-hydroxylation sites is 1. The zero-order valence-electron chi connectivity index (χ0n) is 13.9. The summed E-state index contributed by atoms with van der Waals surface area (Å²) in [5.41, 5.74) is 1.94. The molecule has 0 unspecified atom stereocenters. The molecule has 5 nitrogen and oxygen atoms in total. The molecule has 0 bridgehead atoms. The zero-order valence-corrected chi connectivity index (χ0v) is 13.9. The Balaban J connectivity index is 1.80. The van der Waals surface area contributed by atoms with Crippen LogP contribution in [0, 0.1) is 5.92 Å². The molecule has 5 heteroatoms. The standard InChI is InChI=1S/C18H23N5/c1-3-16-19-15-9-5-4-8-14(15)18-21-20-17(23(16)18)12-22-10-6-7-13(2)11-22/h4-5,8-9,13H,3,6-7,10-12H2,1-2H3/t13-/m1/s1. The Morgan fingerprint density at radius 1 is 1.17 bits per heavy atom. The van der Waals surface area contributed by atoms with Crippen LogP contribution in [0.1, 0.15) is 38.3 Å². The molecule has 3 aromatic rings. The molecule has 1 aliphatic rings. The van der Waals surface area contributed by atoms with Gasteiger partial charge in [0.15, 0.2) is 11.5 Å². The molecule has 3 heterocycles. The molecule has 120 valence electrons. The molecule has 23 heavy (non-hydrogen) atoms. The van der Waals surface area contributed by atoms with Crippen molar-refractivity contribution >= 4 is 16.6 Å². The summed E-state index contributed by atoms with van der Waals surface area (Å²) >= 11 is 0. The molecule has 1 saturated heterocycles. The predicted octanol–water partition coefficient (Wildman–Crippen LogP) is 3.07. The molecule has 2 aromatic heterocycles. The summed E-state index contributed by atoms with van der Waals surface area (Å²) < 4.78 is 2.17. The molecule has 0 spiro atoms. The van der Waals surface area contributed by atoms with E-state index in [9.17, 15) is 0 Å². The topological polar surface area (TPSA) is 46.3 Å². The number of piperidine rings is 1. The summed E-state index contributed by atoms with van der Waals surface area (Å²) in [6.45, 7) is 7.64. The summed E-state index contributed by atoms with van der Waals surface area (Å²) in [4.78, 5) is 7.33. The van der Waals surface area contributed by atoms with Crippen LogP contribution < -0.4 is 0 Å². The minimum Gasteiger partial charge on any atom is -0.296 e. The number of fused-ring (bicyclic) bond motifs is 3. The number of likely N-dealkylation sites (tertiary alicyclic amines) is 1. The Morgan fingerprint density at radius 2 is 2.04 bits per heavy atom. The molecule has 1 aliphatic heterocycles. The Bertz CT molecular complexity index is 838. The van der Waals surface area contributed by atoms with Gasteiger partial charge in [-0.1, -0.05) is 26.0 Å². The van der Waals surface area contributed by atoms with Gasteiger partial charge in [-0.3, -0.25) is 9.30 Å². The van der Waals surface area contributed by atoms with Crippen LogP contribution in [0.25, 0.3) is 16.6 Å². The number of aromatic nitrogens is 4. The SMILES string of the molecule is CCc1nc2ccccc2c2nnc(CN3CCC[C@@H](C)C3)n12. The third kappa shape index (κ3) is 2.59. The first-order valence-electron chi connectivity index (χ1n) is 8.60. The van der Waals surface area contributed by atoms with Crippen LogP contribution in [-0.2, 0) is 13.0 Å². The third-order valence-electron chi connectivity index (χ3n) is 4.81. The van der Waals surface area contributed by atoms with Gasteiger partial charge in [-0.2, -0.15) is 0 Å². The van der Waals surface area contributed by atoms with E-state index < -0.39 is 0 Å². The van der Waals surface area contributed by atoms with E-state index in [0.29, 0.717) is 0 Å². The van der Waals surface area contributed by atoms with Gasteiger partial charge < -0.3 is 0 Å². The lowest BCUT2D eigenvalue weighted by molar-refractivity contribution is 0.172. The molecule has 1 atom stereocenters. The van der Waals surface area contributed by atoms with E-state index in [1.807, 2.05) is 12.1 Å². The summed E-state index contributed by atoms with van der Waals surface area (Å²) in [6, 6.07) is 8.20. The van der Waals surface area contributed by atoms with Crippen LogP contribution in [-0.4, -0.2) is 37.6 Å². The molecule has 1 fully saturated rings. The van der Waals surface area contributed by atoms with Crippen molar-refractivity contribution in [3.8, 4) is 0 Å². The van der Waals surface area contributed by atoms with E-state index in [1.54, 1.807) is 0 Å². The Labute approximate surface area is 136 Å². The van der Waals surface area contributed by atoms with Crippen LogP contribution in [0.2, 0.25) is 0 Å². The number of hydrogen-bond donors (Lipinski definition) is 0. The van der Waals surface area contributed by atoms with Gasteiger partial charge >= 0.3 is 0 Å². The first-order valence-corrected chi connectivity index (χ1v) is 8.60. The minimum atomic E-state index is 0.771. The van der Waals surface area contributed by atoms with Gasteiger partial charge in [0.1, 0.15) is 5.82 Å². The van der Waals surface area contributed by atoms with E-state index in [4.69, 9.17) is 4.98 Å². The summed E-state index contributed by atoms with van der Waals surface area (Å²) in [5, 5.41) is 10.1. The fourth-order valence-corrected chi connectivity index (χ4v) is 3.68. The van der Waals surface area contributed by atoms with Crippen LogP contribution in [0.3, 0.4) is 0 Å². The predicted molar refractivity (Wildman–Crippen MR) is 91.3 cm³/mol. The summed E-state index contributed by atoms with van der Waals surface area (Å²) in [6.07, 6.45) is 3.49. The zero-order chi connectivity index (χ0) is 15.8. The van der Waals surface area contributed by atoms with Gasteiger partial charge in [-0.25, -0.2) is 4.98 Å². The monoisotopic (exact) mass is 309 g/mol. The second-order valence-corrected chi connectivity index (χ2v) is 6.66. The number of nitrogens with zero attached hydrogens (tertiary/aromatic N) is 5. The Kier molecular flexibility index (Phi) is 3.73. The highest BCUT2D eigenvalue weighted by Crippen LogP contribution is 2.22. The van der Waals surface area contributed by atoms with Crippen molar-refractivity contribution in [2.75, 3.05) is 13.1 Å². The van der Waals surface area contributed by atoms with Gasteiger partial charge in [-0.15, -0.1) is 10.2 Å².